The van der Waals surface area contributed by atoms with E-state index in [4.69, 9.17) is 0 Å². The van der Waals surface area contributed by atoms with Crippen molar-refractivity contribution in [1.29, 1.82) is 0 Å². The van der Waals surface area contributed by atoms with Gasteiger partial charge in [-0.05, 0) is 20.4 Å². The molecule has 124 valence electrons. The molecule has 1 amide bonds. The first-order chi connectivity index (χ1) is 10.6. The van der Waals surface area contributed by atoms with E-state index in [1.807, 2.05) is 17.8 Å². The molecule has 6 nitrogen and oxygen atoms in total. The second-order valence-electron chi connectivity index (χ2n) is 6.20. The number of carbonyl (C=O) groups is 1. The van der Waals surface area contributed by atoms with E-state index < -0.39 is 0 Å². The molecule has 0 aromatic carbocycles. The van der Waals surface area contributed by atoms with E-state index in [1.54, 1.807) is 0 Å². The number of hydrogen-bond acceptors (Lipinski definition) is 4. The average molecular weight is 307 g/mol. The molecule has 1 aromatic rings. The summed E-state index contributed by atoms with van der Waals surface area (Å²) in [5, 5.41) is 7.39. The minimum absolute atomic E-state index is 0.0836. The molecule has 0 unspecified atom stereocenters. The van der Waals surface area contributed by atoms with Crippen LogP contribution in [0.25, 0.3) is 0 Å². The monoisotopic (exact) mass is 307 g/mol. The second-order valence-corrected chi connectivity index (χ2v) is 6.20. The highest BCUT2D eigenvalue weighted by molar-refractivity contribution is 5.90. The van der Waals surface area contributed by atoms with Gasteiger partial charge in [-0.15, -0.1) is 0 Å². The fourth-order valence-corrected chi connectivity index (χ4v) is 2.64. The first-order valence-electron chi connectivity index (χ1n) is 8.33. The zero-order valence-corrected chi connectivity index (χ0v) is 14.1. The lowest BCUT2D eigenvalue weighted by Crippen LogP contribution is -2.45. The van der Waals surface area contributed by atoms with E-state index in [1.165, 1.54) is 0 Å². The van der Waals surface area contributed by atoms with Gasteiger partial charge in [-0.3, -0.25) is 4.79 Å². The quantitative estimate of drug-likeness (QED) is 0.831. The highest BCUT2D eigenvalue weighted by Crippen LogP contribution is 2.15. The van der Waals surface area contributed by atoms with Crippen LogP contribution in [0.1, 0.15) is 31.7 Å². The lowest BCUT2D eigenvalue weighted by molar-refractivity contribution is -0.116. The molecule has 1 saturated heterocycles. The van der Waals surface area contributed by atoms with Crippen molar-refractivity contribution >= 4 is 11.7 Å². The standard InChI is InChI=1S/C16H29N5O/c1-4-5-7-21-16(14(2)13-17-21)18-15(22)6-8-20-11-9-19(3)10-12-20/h13H,4-12H2,1-3H3,(H,18,22). The van der Waals surface area contributed by atoms with Crippen LogP contribution in [0.4, 0.5) is 5.82 Å². The largest absolute Gasteiger partial charge is 0.311 e. The number of piperazine rings is 1. The molecule has 1 fully saturated rings. The molecule has 2 heterocycles. The maximum Gasteiger partial charge on any atom is 0.226 e. The van der Waals surface area contributed by atoms with Crippen LogP contribution < -0.4 is 5.32 Å². The van der Waals surface area contributed by atoms with Gasteiger partial charge in [0.15, 0.2) is 0 Å². The van der Waals surface area contributed by atoms with E-state index >= 15 is 0 Å². The Balaban J connectivity index is 1.80. The average Bonchev–Trinajstić information content (AvgIpc) is 2.85. The summed E-state index contributed by atoms with van der Waals surface area (Å²) in [5.41, 5.74) is 1.03. The van der Waals surface area contributed by atoms with Crippen LogP contribution in [0.3, 0.4) is 0 Å². The predicted molar refractivity (Wildman–Crippen MR) is 89.1 cm³/mol. The molecule has 22 heavy (non-hydrogen) atoms. The molecule has 0 aliphatic carbocycles. The SMILES string of the molecule is CCCCn1ncc(C)c1NC(=O)CCN1CCN(C)CC1. The number of unbranched alkanes of at least 4 members (excludes halogenated alkanes) is 1. The molecule has 1 aliphatic rings. The van der Waals surface area contributed by atoms with E-state index in [-0.39, 0.29) is 5.91 Å². The molecule has 0 saturated carbocycles. The zero-order chi connectivity index (χ0) is 15.9. The van der Waals surface area contributed by atoms with Crippen LogP contribution in [-0.4, -0.2) is 65.3 Å². The number of amides is 1. The summed E-state index contributed by atoms with van der Waals surface area (Å²) in [7, 11) is 2.14. The van der Waals surface area contributed by atoms with Crippen LogP contribution in [0.15, 0.2) is 6.20 Å². The van der Waals surface area contributed by atoms with Crippen molar-refractivity contribution in [3.8, 4) is 0 Å². The van der Waals surface area contributed by atoms with E-state index in [0.717, 1.165) is 63.5 Å². The molecule has 2 rings (SSSR count). The van der Waals surface area contributed by atoms with E-state index in [9.17, 15) is 4.79 Å². The Kier molecular flexibility index (Phi) is 6.39. The van der Waals surface area contributed by atoms with Crippen molar-refractivity contribution < 1.29 is 4.79 Å². The maximum atomic E-state index is 12.2. The van der Waals surface area contributed by atoms with Crippen LogP contribution in [0.2, 0.25) is 0 Å². The van der Waals surface area contributed by atoms with Crippen molar-refractivity contribution in [2.45, 2.75) is 39.7 Å². The van der Waals surface area contributed by atoms with Gasteiger partial charge in [-0.25, -0.2) is 4.68 Å². The number of aryl methyl sites for hydroxylation is 2. The van der Waals surface area contributed by atoms with E-state index in [2.05, 4.69) is 34.2 Å². The lowest BCUT2D eigenvalue weighted by Gasteiger charge is -2.32. The van der Waals surface area contributed by atoms with Crippen LogP contribution in [-0.2, 0) is 11.3 Å². The van der Waals surface area contributed by atoms with Crippen molar-refractivity contribution in [3.63, 3.8) is 0 Å². The Morgan fingerprint density at radius 2 is 2.00 bits per heavy atom. The van der Waals surface area contributed by atoms with Gasteiger partial charge in [-0.2, -0.15) is 5.10 Å². The second kappa shape index (κ2) is 8.29. The van der Waals surface area contributed by atoms with Gasteiger partial charge in [0.05, 0.1) is 6.20 Å². The van der Waals surface area contributed by atoms with Crippen LogP contribution in [0.5, 0.6) is 0 Å². The van der Waals surface area contributed by atoms with Gasteiger partial charge in [0.25, 0.3) is 0 Å². The fourth-order valence-electron chi connectivity index (χ4n) is 2.64. The fraction of sp³-hybridized carbons (Fsp3) is 0.750. The summed E-state index contributed by atoms with van der Waals surface area (Å²) >= 11 is 0. The molecule has 0 spiro atoms. The van der Waals surface area contributed by atoms with Gasteiger partial charge in [0.1, 0.15) is 5.82 Å². The Morgan fingerprint density at radius 3 is 2.68 bits per heavy atom. The summed E-state index contributed by atoms with van der Waals surface area (Å²) in [4.78, 5) is 16.9. The minimum atomic E-state index is 0.0836. The maximum absolute atomic E-state index is 12.2. The third kappa shape index (κ3) is 4.81. The molecule has 1 aromatic heterocycles. The molecule has 1 aliphatic heterocycles. The number of aromatic nitrogens is 2. The zero-order valence-electron chi connectivity index (χ0n) is 14.1. The number of nitrogens with zero attached hydrogens (tertiary/aromatic N) is 4. The molecule has 0 atom stereocenters. The van der Waals surface area contributed by atoms with Crippen molar-refractivity contribution in [3.05, 3.63) is 11.8 Å². The summed E-state index contributed by atoms with van der Waals surface area (Å²) in [6.07, 6.45) is 4.56. The summed E-state index contributed by atoms with van der Waals surface area (Å²) in [6, 6.07) is 0. The number of carbonyl (C=O) groups excluding carboxylic acids is 1. The first-order valence-corrected chi connectivity index (χ1v) is 8.33. The van der Waals surface area contributed by atoms with Crippen molar-refractivity contribution in [1.82, 2.24) is 19.6 Å². The third-order valence-corrected chi connectivity index (χ3v) is 4.25. The van der Waals surface area contributed by atoms with Gasteiger partial charge in [0, 0.05) is 51.3 Å². The number of likely N-dealkylation sites (N-methyl/N-ethyl adjacent to an activating group) is 1. The van der Waals surface area contributed by atoms with Crippen molar-refractivity contribution in [2.75, 3.05) is 45.1 Å². The lowest BCUT2D eigenvalue weighted by atomic mass is 10.3. The molecular weight excluding hydrogens is 278 g/mol. The van der Waals surface area contributed by atoms with E-state index in [0.29, 0.717) is 6.42 Å². The smallest absolute Gasteiger partial charge is 0.226 e. The van der Waals surface area contributed by atoms with Gasteiger partial charge < -0.3 is 15.1 Å². The summed E-state index contributed by atoms with van der Waals surface area (Å²) in [6.45, 7) is 10.1. The first kappa shape index (κ1) is 17.0. The van der Waals surface area contributed by atoms with Crippen LogP contribution in [0, 0.1) is 6.92 Å². The van der Waals surface area contributed by atoms with Gasteiger partial charge in [0.2, 0.25) is 5.91 Å². The third-order valence-electron chi connectivity index (χ3n) is 4.25. The highest BCUT2D eigenvalue weighted by Gasteiger charge is 2.16. The number of nitrogens with one attached hydrogen (secondary N) is 1. The van der Waals surface area contributed by atoms with Crippen LogP contribution >= 0.6 is 0 Å². The number of hydrogen-bond donors (Lipinski definition) is 1. The molecule has 1 N–H and O–H groups in total. The summed E-state index contributed by atoms with van der Waals surface area (Å²) < 4.78 is 1.91. The minimum Gasteiger partial charge on any atom is -0.311 e. The highest BCUT2D eigenvalue weighted by atomic mass is 16.1. The topological polar surface area (TPSA) is 53.4 Å². The van der Waals surface area contributed by atoms with Gasteiger partial charge >= 0.3 is 0 Å². The molecule has 0 bridgehead atoms. The Hall–Kier alpha value is -1.40. The Bertz CT molecular complexity index is 477. The Morgan fingerprint density at radius 1 is 1.27 bits per heavy atom. The number of rotatable bonds is 7. The predicted octanol–water partition coefficient (Wildman–Crippen LogP) is 1.57. The Labute approximate surface area is 133 Å². The summed E-state index contributed by atoms with van der Waals surface area (Å²) in [5.74, 6) is 0.942. The molecule has 0 radical (unpaired) electrons. The normalized spacial score (nSPS) is 16.9. The number of anilines is 1. The van der Waals surface area contributed by atoms with Gasteiger partial charge in [-0.1, -0.05) is 13.3 Å². The molecular formula is C16H29N5O. The van der Waals surface area contributed by atoms with Crippen molar-refractivity contribution in [2.24, 2.45) is 0 Å². The molecule has 6 heteroatoms.